The second kappa shape index (κ2) is 44.3. The minimum atomic E-state index is -4.30. The SMILES string of the molecule is CC/C=C\C/C=C\C/C=C\C/C=C\CCC(=O)OC(COCCCCCCCCCCCCCC/C=C\CCCCCCCCCC)COP(=O)(O)OCCN. The van der Waals surface area contributed by atoms with E-state index in [-0.39, 0.29) is 32.8 Å². The van der Waals surface area contributed by atoms with E-state index in [0.29, 0.717) is 13.0 Å². The molecule has 8 nitrogen and oxygen atoms in total. The van der Waals surface area contributed by atoms with Gasteiger partial charge in [0, 0.05) is 19.6 Å². The van der Waals surface area contributed by atoms with Crippen molar-refractivity contribution in [3.63, 3.8) is 0 Å². The maximum atomic E-state index is 12.5. The summed E-state index contributed by atoms with van der Waals surface area (Å²) in [5.41, 5.74) is 5.36. The third-order valence-electron chi connectivity index (χ3n) is 9.43. The van der Waals surface area contributed by atoms with Crippen LogP contribution in [0.2, 0.25) is 0 Å². The van der Waals surface area contributed by atoms with Crippen molar-refractivity contribution < 1.29 is 32.8 Å². The van der Waals surface area contributed by atoms with Crippen molar-refractivity contribution >= 4 is 13.8 Å². The van der Waals surface area contributed by atoms with Crippen molar-refractivity contribution in [2.24, 2.45) is 5.73 Å². The maximum absolute atomic E-state index is 12.5. The largest absolute Gasteiger partial charge is 0.472 e. The Morgan fingerprint density at radius 3 is 1.50 bits per heavy atom. The Bertz CT molecular complexity index is 1040. The van der Waals surface area contributed by atoms with E-state index in [2.05, 4.69) is 62.5 Å². The topological polar surface area (TPSA) is 117 Å². The van der Waals surface area contributed by atoms with E-state index < -0.39 is 19.9 Å². The molecule has 0 aliphatic rings. The molecule has 0 heterocycles. The van der Waals surface area contributed by atoms with Crippen LogP contribution in [0.1, 0.15) is 194 Å². The minimum absolute atomic E-state index is 0.0860. The number of allylic oxidation sites excluding steroid dienone is 10. The molecule has 0 fully saturated rings. The van der Waals surface area contributed by atoms with Crippen molar-refractivity contribution in [2.75, 3.05) is 33.0 Å². The predicted octanol–water partition coefficient (Wildman–Crippen LogP) is 13.8. The molecule has 0 saturated heterocycles. The Balaban J connectivity index is 3.98. The molecule has 0 saturated carbocycles. The first-order valence-electron chi connectivity index (χ1n) is 22.8. The zero-order valence-corrected chi connectivity index (χ0v) is 37.0. The van der Waals surface area contributed by atoms with Crippen molar-refractivity contribution in [3.05, 3.63) is 60.8 Å². The number of hydrogen-bond donors (Lipinski definition) is 2. The molecular formula is C47H86NO7P. The van der Waals surface area contributed by atoms with Crippen LogP contribution in [0.4, 0.5) is 0 Å². The fraction of sp³-hybridized carbons (Fsp3) is 0.766. The van der Waals surface area contributed by atoms with Crippen molar-refractivity contribution in [3.8, 4) is 0 Å². The maximum Gasteiger partial charge on any atom is 0.472 e. The Kier molecular flexibility index (Phi) is 42.9. The first-order chi connectivity index (χ1) is 27.4. The van der Waals surface area contributed by atoms with Crippen LogP contribution in [0, 0.1) is 0 Å². The zero-order valence-electron chi connectivity index (χ0n) is 36.1. The number of phosphoric acid groups is 1. The molecule has 3 N–H and O–H groups in total. The summed E-state index contributed by atoms with van der Waals surface area (Å²) in [7, 11) is -4.30. The Morgan fingerprint density at radius 2 is 1.00 bits per heavy atom. The Labute approximate surface area is 344 Å². The van der Waals surface area contributed by atoms with E-state index in [1.54, 1.807) is 0 Å². The molecule has 0 aliphatic heterocycles. The highest BCUT2D eigenvalue weighted by Gasteiger charge is 2.25. The molecule has 0 bridgehead atoms. The van der Waals surface area contributed by atoms with Gasteiger partial charge in [0.2, 0.25) is 0 Å². The molecule has 2 atom stereocenters. The highest BCUT2D eigenvalue weighted by atomic mass is 31.2. The van der Waals surface area contributed by atoms with Crippen LogP contribution in [0.5, 0.6) is 0 Å². The molecule has 0 radical (unpaired) electrons. The number of unbranched alkanes of at least 4 members (excludes halogenated alkanes) is 20. The van der Waals surface area contributed by atoms with Gasteiger partial charge in [-0.05, 0) is 64.2 Å². The van der Waals surface area contributed by atoms with Crippen LogP contribution in [0.15, 0.2) is 60.8 Å². The lowest BCUT2D eigenvalue weighted by molar-refractivity contribution is -0.154. The molecule has 56 heavy (non-hydrogen) atoms. The van der Waals surface area contributed by atoms with Gasteiger partial charge in [0.05, 0.1) is 19.8 Å². The molecule has 326 valence electrons. The molecule has 0 aromatic carbocycles. The van der Waals surface area contributed by atoms with Crippen LogP contribution in [-0.2, 0) is 27.9 Å². The summed E-state index contributed by atoms with van der Waals surface area (Å²) in [4.78, 5) is 22.4. The average molecular weight is 808 g/mol. The van der Waals surface area contributed by atoms with E-state index in [4.69, 9.17) is 24.3 Å². The monoisotopic (exact) mass is 808 g/mol. The summed E-state index contributed by atoms with van der Waals surface area (Å²) in [6.45, 7) is 4.71. The van der Waals surface area contributed by atoms with Gasteiger partial charge in [0.15, 0.2) is 0 Å². The van der Waals surface area contributed by atoms with E-state index >= 15 is 0 Å². The molecular weight excluding hydrogens is 721 g/mol. The van der Waals surface area contributed by atoms with Gasteiger partial charge in [0.1, 0.15) is 6.10 Å². The summed E-state index contributed by atoms with van der Waals surface area (Å²) >= 11 is 0. The van der Waals surface area contributed by atoms with Crippen LogP contribution in [-0.4, -0.2) is 49.9 Å². The van der Waals surface area contributed by atoms with Gasteiger partial charge >= 0.3 is 13.8 Å². The molecule has 9 heteroatoms. The normalized spacial score (nSPS) is 14.0. The quantitative estimate of drug-likeness (QED) is 0.0271. The second-order valence-corrected chi connectivity index (χ2v) is 16.3. The number of hydrogen-bond acceptors (Lipinski definition) is 7. The molecule has 0 amide bonds. The number of carbonyl (C=O) groups excluding carboxylic acids is 1. The zero-order chi connectivity index (χ0) is 40.9. The van der Waals surface area contributed by atoms with Gasteiger partial charge in [-0.15, -0.1) is 0 Å². The summed E-state index contributed by atoms with van der Waals surface area (Å²) in [6, 6.07) is 0. The lowest BCUT2D eigenvalue weighted by atomic mass is 10.0. The first kappa shape index (κ1) is 54.2. The van der Waals surface area contributed by atoms with Gasteiger partial charge < -0.3 is 20.1 Å². The molecule has 0 aromatic rings. The standard InChI is InChI=1S/C47H86NO7P/c1-3-5-7-9-11-13-15-17-18-19-20-21-22-23-24-25-26-27-29-31-33-35-37-39-42-52-44-46(45-54-56(50,51)53-43-41-48)55-47(49)40-38-36-34-32-30-28-16-14-12-10-8-6-4-2/h6,8,12,14,19-20,28,30,34,36,46H,3-5,7,9-11,13,15-18,21-27,29,31-33,35,37-45,48H2,1-2H3,(H,50,51)/b8-6-,14-12-,20-19-,30-28-,36-34-. The van der Waals surface area contributed by atoms with Gasteiger partial charge in [0.25, 0.3) is 0 Å². The van der Waals surface area contributed by atoms with Gasteiger partial charge in [-0.1, -0.05) is 184 Å². The Morgan fingerprint density at radius 1 is 0.554 bits per heavy atom. The highest BCUT2D eigenvalue weighted by Crippen LogP contribution is 2.43. The number of rotatable bonds is 43. The molecule has 0 spiro atoms. The second-order valence-electron chi connectivity index (χ2n) is 14.9. The summed E-state index contributed by atoms with van der Waals surface area (Å²) in [6.07, 6.45) is 54.2. The molecule has 0 aromatic heterocycles. The Hall–Kier alpha value is -1.80. The fourth-order valence-corrected chi connectivity index (χ4v) is 6.89. The number of esters is 1. The summed E-state index contributed by atoms with van der Waals surface area (Å²) in [5, 5.41) is 0. The van der Waals surface area contributed by atoms with E-state index in [1.807, 2.05) is 12.2 Å². The smallest absolute Gasteiger partial charge is 0.457 e. The van der Waals surface area contributed by atoms with Crippen molar-refractivity contribution in [1.29, 1.82) is 0 Å². The molecule has 0 rings (SSSR count). The van der Waals surface area contributed by atoms with Gasteiger partial charge in [-0.2, -0.15) is 0 Å². The first-order valence-corrected chi connectivity index (χ1v) is 24.3. The lowest BCUT2D eigenvalue weighted by Gasteiger charge is -2.20. The van der Waals surface area contributed by atoms with Crippen LogP contribution >= 0.6 is 7.82 Å². The van der Waals surface area contributed by atoms with Crippen LogP contribution < -0.4 is 5.73 Å². The van der Waals surface area contributed by atoms with E-state index in [1.165, 1.54) is 128 Å². The minimum Gasteiger partial charge on any atom is -0.457 e. The highest BCUT2D eigenvalue weighted by molar-refractivity contribution is 7.47. The van der Waals surface area contributed by atoms with Gasteiger partial charge in [-0.3, -0.25) is 13.8 Å². The van der Waals surface area contributed by atoms with E-state index in [9.17, 15) is 14.3 Å². The van der Waals surface area contributed by atoms with Crippen LogP contribution in [0.3, 0.4) is 0 Å². The average Bonchev–Trinajstić information content (AvgIpc) is 3.19. The van der Waals surface area contributed by atoms with Crippen LogP contribution in [0.25, 0.3) is 0 Å². The number of ether oxygens (including phenoxy) is 2. The lowest BCUT2D eigenvalue weighted by Crippen LogP contribution is -2.28. The fourth-order valence-electron chi connectivity index (χ4n) is 6.12. The van der Waals surface area contributed by atoms with Gasteiger partial charge in [-0.25, -0.2) is 4.57 Å². The predicted molar refractivity (Wildman–Crippen MR) is 238 cm³/mol. The number of carbonyl (C=O) groups is 1. The third kappa shape index (κ3) is 43.3. The van der Waals surface area contributed by atoms with Crippen molar-refractivity contribution in [1.82, 2.24) is 0 Å². The summed E-state index contributed by atoms with van der Waals surface area (Å²) in [5.74, 6) is -0.410. The van der Waals surface area contributed by atoms with Crippen molar-refractivity contribution in [2.45, 2.75) is 200 Å². The number of phosphoric ester groups is 1. The summed E-state index contributed by atoms with van der Waals surface area (Å²) < 4.78 is 33.3. The van der Waals surface area contributed by atoms with E-state index in [0.717, 1.165) is 38.5 Å². The number of nitrogens with two attached hydrogens (primary N) is 1. The molecule has 2 unspecified atom stereocenters. The molecule has 0 aliphatic carbocycles. The third-order valence-corrected chi connectivity index (χ3v) is 10.4.